The van der Waals surface area contributed by atoms with E-state index in [2.05, 4.69) is 0 Å². The van der Waals surface area contributed by atoms with Crippen molar-refractivity contribution >= 4 is 11.8 Å². The highest BCUT2D eigenvalue weighted by Gasteiger charge is 2.40. The van der Waals surface area contributed by atoms with Crippen molar-refractivity contribution in [2.75, 3.05) is 11.5 Å². The molecule has 0 saturated carbocycles. The molecule has 2 aliphatic rings. The number of halogens is 1. The van der Waals surface area contributed by atoms with Crippen LogP contribution in [0.1, 0.15) is 30.9 Å². The zero-order chi connectivity index (χ0) is 11.9. The SMILES string of the molecule is NC1CC2(CCSCC2)Oc2cc(F)ccc21. The van der Waals surface area contributed by atoms with E-state index in [0.29, 0.717) is 5.75 Å². The Morgan fingerprint density at radius 3 is 2.88 bits per heavy atom. The van der Waals surface area contributed by atoms with Crippen molar-refractivity contribution in [2.45, 2.75) is 30.9 Å². The molecule has 1 aromatic carbocycles. The first kappa shape index (κ1) is 11.4. The third-order valence-corrected chi connectivity index (χ3v) is 4.68. The van der Waals surface area contributed by atoms with E-state index in [1.165, 1.54) is 12.1 Å². The van der Waals surface area contributed by atoms with Crippen molar-refractivity contribution in [1.82, 2.24) is 0 Å². The molecule has 1 spiro atoms. The molecule has 0 bridgehead atoms. The Balaban J connectivity index is 1.95. The normalized spacial score (nSPS) is 26.4. The molecule has 0 radical (unpaired) electrons. The van der Waals surface area contributed by atoms with Crippen molar-refractivity contribution in [2.24, 2.45) is 5.73 Å². The second-order valence-electron chi connectivity index (χ2n) is 4.89. The van der Waals surface area contributed by atoms with E-state index >= 15 is 0 Å². The molecule has 1 fully saturated rings. The predicted octanol–water partition coefficient (Wildman–Crippen LogP) is 2.87. The van der Waals surface area contributed by atoms with Gasteiger partial charge in [-0.05, 0) is 30.4 Å². The Morgan fingerprint density at radius 1 is 1.35 bits per heavy atom. The fourth-order valence-corrected chi connectivity index (χ4v) is 3.97. The summed E-state index contributed by atoms with van der Waals surface area (Å²) in [7, 11) is 0. The molecular formula is C13H16FNOS. The lowest BCUT2D eigenvalue weighted by atomic mass is 9.83. The van der Waals surface area contributed by atoms with Crippen LogP contribution in [0.3, 0.4) is 0 Å². The molecule has 0 aromatic heterocycles. The van der Waals surface area contributed by atoms with Crippen molar-refractivity contribution in [3.05, 3.63) is 29.6 Å². The largest absolute Gasteiger partial charge is 0.487 e. The van der Waals surface area contributed by atoms with Crippen LogP contribution >= 0.6 is 11.8 Å². The maximum absolute atomic E-state index is 13.3. The van der Waals surface area contributed by atoms with E-state index in [1.807, 2.05) is 11.8 Å². The average molecular weight is 253 g/mol. The van der Waals surface area contributed by atoms with Gasteiger partial charge in [-0.25, -0.2) is 4.39 Å². The lowest BCUT2D eigenvalue weighted by molar-refractivity contribution is 0.0276. The fourth-order valence-electron chi connectivity index (χ4n) is 2.74. The summed E-state index contributed by atoms with van der Waals surface area (Å²) in [5.41, 5.74) is 6.99. The van der Waals surface area contributed by atoms with Gasteiger partial charge in [-0.15, -0.1) is 0 Å². The van der Waals surface area contributed by atoms with Gasteiger partial charge in [-0.3, -0.25) is 0 Å². The molecule has 92 valence electrons. The minimum Gasteiger partial charge on any atom is -0.487 e. The number of ether oxygens (including phenoxy) is 1. The van der Waals surface area contributed by atoms with Gasteiger partial charge in [0.2, 0.25) is 0 Å². The van der Waals surface area contributed by atoms with Gasteiger partial charge in [-0.2, -0.15) is 11.8 Å². The number of nitrogens with two attached hydrogens (primary N) is 1. The second kappa shape index (κ2) is 4.18. The molecule has 2 aliphatic heterocycles. The summed E-state index contributed by atoms with van der Waals surface area (Å²) in [6, 6.07) is 4.65. The molecular weight excluding hydrogens is 237 g/mol. The van der Waals surface area contributed by atoms with Crippen LogP contribution in [-0.4, -0.2) is 17.1 Å². The van der Waals surface area contributed by atoms with Gasteiger partial charge in [0.05, 0.1) is 0 Å². The summed E-state index contributed by atoms with van der Waals surface area (Å²) < 4.78 is 19.3. The van der Waals surface area contributed by atoms with E-state index in [4.69, 9.17) is 10.5 Å². The zero-order valence-corrected chi connectivity index (χ0v) is 10.4. The predicted molar refractivity (Wildman–Crippen MR) is 67.9 cm³/mol. The highest BCUT2D eigenvalue weighted by Crippen LogP contribution is 2.44. The number of hydrogen-bond donors (Lipinski definition) is 1. The summed E-state index contributed by atoms with van der Waals surface area (Å²) in [6.45, 7) is 0. The maximum Gasteiger partial charge on any atom is 0.127 e. The van der Waals surface area contributed by atoms with Gasteiger partial charge in [0, 0.05) is 24.1 Å². The number of benzene rings is 1. The summed E-state index contributed by atoms with van der Waals surface area (Å²) in [6.07, 6.45) is 2.88. The van der Waals surface area contributed by atoms with Crippen LogP contribution < -0.4 is 10.5 Å². The van der Waals surface area contributed by atoms with Crippen LogP contribution in [0.15, 0.2) is 18.2 Å². The lowest BCUT2D eigenvalue weighted by Crippen LogP contribution is -2.45. The average Bonchev–Trinajstić information content (AvgIpc) is 2.29. The molecule has 1 unspecified atom stereocenters. The van der Waals surface area contributed by atoms with Gasteiger partial charge >= 0.3 is 0 Å². The standard InChI is InChI=1S/C13H16FNOS/c14-9-1-2-10-11(15)8-13(16-12(10)7-9)3-5-17-6-4-13/h1-2,7,11H,3-6,8,15H2. The Hall–Kier alpha value is -0.740. The van der Waals surface area contributed by atoms with Crippen molar-refractivity contribution < 1.29 is 9.13 Å². The Bertz CT molecular complexity index is 431. The van der Waals surface area contributed by atoms with E-state index in [0.717, 1.165) is 36.3 Å². The Kier molecular flexibility index (Phi) is 2.79. The van der Waals surface area contributed by atoms with Crippen LogP contribution in [0, 0.1) is 5.82 Å². The number of thioether (sulfide) groups is 1. The topological polar surface area (TPSA) is 35.2 Å². The third-order valence-electron chi connectivity index (χ3n) is 3.70. The third kappa shape index (κ3) is 2.04. The molecule has 2 heterocycles. The van der Waals surface area contributed by atoms with Gasteiger partial charge in [0.1, 0.15) is 17.2 Å². The smallest absolute Gasteiger partial charge is 0.127 e. The van der Waals surface area contributed by atoms with Gasteiger partial charge < -0.3 is 10.5 Å². The number of fused-ring (bicyclic) bond motifs is 1. The van der Waals surface area contributed by atoms with E-state index in [-0.39, 0.29) is 17.5 Å². The molecule has 1 aromatic rings. The molecule has 4 heteroatoms. The van der Waals surface area contributed by atoms with Crippen LogP contribution in [-0.2, 0) is 0 Å². The molecule has 2 N–H and O–H groups in total. The Labute approximate surface area is 105 Å². The molecule has 1 saturated heterocycles. The lowest BCUT2D eigenvalue weighted by Gasteiger charge is -2.43. The molecule has 0 amide bonds. The first-order valence-electron chi connectivity index (χ1n) is 6.00. The molecule has 2 nitrogen and oxygen atoms in total. The van der Waals surface area contributed by atoms with Crippen LogP contribution in [0.5, 0.6) is 5.75 Å². The zero-order valence-electron chi connectivity index (χ0n) is 9.62. The van der Waals surface area contributed by atoms with E-state index in [9.17, 15) is 4.39 Å². The second-order valence-corrected chi connectivity index (χ2v) is 6.11. The first-order valence-corrected chi connectivity index (χ1v) is 7.16. The van der Waals surface area contributed by atoms with Gasteiger partial charge in [0.15, 0.2) is 0 Å². The molecule has 1 atom stereocenters. The summed E-state index contributed by atoms with van der Waals surface area (Å²) in [5, 5.41) is 0. The van der Waals surface area contributed by atoms with Crippen LogP contribution in [0.25, 0.3) is 0 Å². The molecule has 17 heavy (non-hydrogen) atoms. The quantitative estimate of drug-likeness (QED) is 0.772. The highest BCUT2D eigenvalue weighted by atomic mass is 32.2. The molecule has 0 aliphatic carbocycles. The fraction of sp³-hybridized carbons (Fsp3) is 0.538. The van der Waals surface area contributed by atoms with Crippen LogP contribution in [0.2, 0.25) is 0 Å². The maximum atomic E-state index is 13.3. The summed E-state index contributed by atoms with van der Waals surface area (Å²) in [4.78, 5) is 0. The first-order chi connectivity index (χ1) is 8.19. The summed E-state index contributed by atoms with van der Waals surface area (Å²) >= 11 is 1.95. The Morgan fingerprint density at radius 2 is 2.12 bits per heavy atom. The molecule has 3 rings (SSSR count). The van der Waals surface area contributed by atoms with Gasteiger partial charge in [-0.1, -0.05) is 6.07 Å². The van der Waals surface area contributed by atoms with Crippen molar-refractivity contribution in [3.8, 4) is 5.75 Å². The van der Waals surface area contributed by atoms with E-state index in [1.54, 1.807) is 6.07 Å². The summed E-state index contributed by atoms with van der Waals surface area (Å²) in [5.74, 6) is 2.61. The minimum atomic E-state index is -0.252. The number of rotatable bonds is 0. The number of hydrogen-bond acceptors (Lipinski definition) is 3. The monoisotopic (exact) mass is 253 g/mol. The minimum absolute atomic E-state index is 0.0255. The van der Waals surface area contributed by atoms with Crippen molar-refractivity contribution in [1.29, 1.82) is 0 Å². The van der Waals surface area contributed by atoms with Crippen molar-refractivity contribution in [3.63, 3.8) is 0 Å². The van der Waals surface area contributed by atoms with E-state index < -0.39 is 0 Å². The van der Waals surface area contributed by atoms with Crippen LogP contribution in [0.4, 0.5) is 4.39 Å². The highest BCUT2D eigenvalue weighted by molar-refractivity contribution is 7.99. The van der Waals surface area contributed by atoms with Gasteiger partial charge in [0.25, 0.3) is 0 Å².